The first-order valence-electron chi connectivity index (χ1n) is 5.19. The van der Waals surface area contributed by atoms with Crippen molar-refractivity contribution in [2.75, 3.05) is 25.1 Å². The van der Waals surface area contributed by atoms with E-state index in [-0.39, 0.29) is 18.9 Å². The van der Waals surface area contributed by atoms with E-state index in [0.29, 0.717) is 12.3 Å². The van der Waals surface area contributed by atoms with Crippen molar-refractivity contribution in [1.29, 1.82) is 0 Å². The van der Waals surface area contributed by atoms with Crippen molar-refractivity contribution in [1.82, 2.24) is 4.90 Å². The Balaban J connectivity index is 2.72. The normalized spacial score (nSPS) is 24.4. The Morgan fingerprint density at radius 1 is 1.24 bits per heavy atom. The second-order valence-electron chi connectivity index (χ2n) is 3.95. The van der Waals surface area contributed by atoms with Gasteiger partial charge < -0.3 is 15.1 Å². The van der Waals surface area contributed by atoms with Gasteiger partial charge in [-0.05, 0) is 12.7 Å². The molecule has 2 atom stereocenters. The minimum absolute atomic E-state index is 0.00824. The lowest BCUT2D eigenvalue weighted by Gasteiger charge is -2.34. The molecule has 6 nitrogen and oxygen atoms in total. The molecule has 7 heteroatoms. The maximum Gasteiger partial charge on any atom is 0.309 e. The molecule has 1 aliphatic heterocycles. The topological polar surface area (TPSA) is 94.9 Å². The fraction of sp³-hybridized carbons (Fsp3) is 0.700. The molecule has 2 N–H and O–H groups in total. The van der Waals surface area contributed by atoms with Crippen molar-refractivity contribution in [3.63, 3.8) is 0 Å². The molecule has 0 aromatic heterocycles. The minimum Gasteiger partial charge on any atom is -0.481 e. The van der Waals surface area contributed by atoms with Gasteiger partial charge in [0.05, 0.1) is 17.6 Å². The van der Waals surface area contributed by atoms with Crippen molar-refractivity contribution < 1.29 is 24.6 Å². The molecule has 1 saturated heterocycles. The molecule has 0 spiro atoms. The number of hydrogen-bond acceptors (Lipinski definition) is 4. The van der Waals surface area contributed by atoms with E-state index in [1.54, 1.807) is 6.26 Å². The highest BCUT2D eigenvalue weighted by Crippen LogP contribution is 2.24. The predicted octanol–water partition coefficient (Wildman–Crippen LogP) is -0.0167. The molecule has 0 aromatic rings. The number of rotatable bonds is 4. The van der Waals surface area contributed by atoms with E-state index in [0.717, 1.165) is 0 Å². The molecule has 0 aliphatic carbocycles. The van der Waals surface area contributed by atoms with Crippen LogP contribution in [0.5, 0.6) is 0 Å². The number of likely N-dealkylation sites (tertiary alicyclic amines) is 1. The molecule has 1 fully saturated rings. The summed E-state index contributed by atoms with van der Waals surface area (Å²) in [5.74, 6) is -4.00. The summed E-state index contributed by atoms with van der Waals surface area (Å²) in [5.41, 5.74) is 0. The van der Waals surface area contributed by atoms with Crippen LogP contribution >= 0.6 is 11.8 Å². The van der Waals surface area contributed by atoms with Crippen molar-refractivity contribution in [2.45, 2.75) is 6.42 Å². The average Bonchev–Trinajstić information content (AvgIpc) is 2.28. The van der Waals surface area contributed by atoms with Gasteiger partial charge in [-0.25, -0.2) is 0 Å². The smallest absolute Gasteiger partial charge is 0.309 e. The zero-order valence-corrected chi connectivity index (χ0v) is 10.3. The Hall–Kier alpha value is -1.24. The Morgan fingerprint density at radius 3 is 2.29 bits per heavy atom. The molecule has 1 aliphatic rings. The predicted molar refractivity (Wildman–Crippen MR) is 61.8 cm³/mol. The SMILES string of the molecule is CSCC(=O)N1CCC(C(=O)O)C(C(=O)O)C1. The molecule has 2 unspecified atom stereocenters. The van der Waals surface area contributed by atoms with Crippen LogP contribution in [-0.4, -0.2) is 58.1 Å². The molecule has 0 aromatic carbocycles. The van der Waals surface area contributed by atoms with E-state index < -0.39 is 23.8 Å². The first-order valence-corrected chi connectivity index (χ1v) is 6.59. The molecule has 17 heavy (non-hydrogen) atoms. The highest BCUT2D eigenvalue weighted by molar-refractivity contribution is 7.99. The van der Waals surface area contributed by atoms with E-state index >= 15 is 0 Å². The van der Waals surface area contributed by atoms with E-state index in [9.17, 15) is 14.4 Å². The number of carbonyl (C=O) groups is 3. The molecule has 96 valence electrons. The number of hydrogen-bond donors (Lipinski definition) is 2. The quantitative estimate of drug-likeness (QED) is 0.738. The number of amides is 1. The van der Waals surface area contributed by atoms with Crippen molar-refractivity contribution in [3.05, 3.63) is 0 Å². The number of piperidine rings is 1. The second kappa shape index (κ2) is 5.90. The average molecular weight is 261 g/mol. The Labute approximate surface area is 103 Å². The lowest BCUT2D eigenvalue weighted by atomic mass is 9.85. The van der Waals surface area contributed by atoms with E-state index in [2.05, 4.69) is 0 Å². The zero-order valence-electron chi connectivity index (χ0n) is 9.46. The van der Waals surface area contributed by atoms with Gasteiger partial charge in [-0.2, -0.15) is 11.8 Å². The Morgan fingerprint density at radius 2 is 1.82 bits per heavy atom. The van der Waals surface area contributed by atoms with E-state index in [1.165, 1.54) is 16.7 Å². The molecule has 1 rings (SSSR count). The van der Waals surface area contributed by atoms with Crippen LogP contribution in [0.2, 0.25) is 0 Å². The highest BCUT2D eigenvalue weighted by Gasteiger charge is 2.39. The molecule has 0 radical (unpaired) electrons. The Bertz CT molecular complexity index is 333. The molecule has 0 bridgehead atoms. The lowest BCUT2D eigenvalue weighted by molar-refractivity contribution is -0.158. The fourth-order valence-corrected chi connectivity index (χ4v) is 2.37. The van der Waals surface area contributed by atoms with Crippen molar-refractivity contribution in [2.24, 2.45) is 11.8 Å². The summed E-state index contributed by atoms with van der Waals surface area (Å²) in [6, 6.07) is 0. The standard InChI is InChI=1S/C10H15NO5S/c1-17-5-8(12)11-3-2-6(9(13)14)7(4-11)10(15)16/h6-7H,2-5H2,1H3,(H,13,14)(H,15,16). The molecular weight excluding hydrogens is 246 g/mol. The Kier molecular flexibility index (Phi) is 4.80. The first kappa shape index (κ1) is 13.8. The second-order valence-corrected chi connectivity index (χ2v) is 4.82. The van der Waals surface area contributed by atoms with Gasteiger partial charge in [0.2, 0.25) is 5.91 Å². The summed E-state index contributed by atoms with van der Waals surface area (Å²) in [7, 11) is 0. The van der Waals surface area contributed by atoms with Gasteiger partial charge in [-0.15, -0.1) is 0 Å². The number of carbonyl (C=O) groups excluding carboxylic acids is 1. The minimum atomic E-state index is -1.15. The van der Waals surface area contributed by atoms with Crippen molar-refractivity contribution in [3.8, 4) is 0 Å². The number of thioether (sulfide) groups is 1. The molecule has 0 saturated carbocycles. The zero-order chi connectivity index (χ0) is 13.0. The largest absolute Gasteiger partial charge is 0.481 e. The molecule has 1 heterocycles. The van der Waals surface area contributed by atoms with Crippen LogP contribution in [0, 0.1) is 11.8 Å². The third-order valence-electron chi connectivity index (χ3n) is 2.87. The number of carboxylic acids is 2. The first-order chi connectivity index (χ1) is 7.97. The summed E-state index contributed by atoms with van der Waals surface area (Å²) < 4.78 is 0. The maximum absolute atomic E-state index is 11.6. The summed E-state index contributed by atoms with van der Waals surface area (Å²) in [5, 5.41) is 17.9. The van der Waals surface area contributed by atoms with Gasteiger partial charge in [-0.3, -0.25) is 14.4 Å². The van der Waals surface area contributed by atoms with Crippen LogP contribution in [0.1, 0.15) is 6.42 Å². The number of aliphatic carboxylic acids is 2. The maximum atomic E-state index is 11.6. The molecule has 1 amide bonds. The third kappa shape index (κ3) is 3.36. The van der Waals surface area contributed by atoms with Crippen molar-refractivity contribution >= 4 is 29.6 Å². The van der Waals surface area contributed by atoms with Gasteiger partial charge >= 0.3 is 11.9 Å². The molecular formula is C10H15NO5S. The van der Waals surface area contributed by atoms with Gasteiger partial charge in [0.25, 0.3) is 0 Å². The lowest BCUT2D eigenvalue weighted by Crippen LogP contribution is -2.49. The van der Waals surface area contributed by atoms with Crippen LogP contribution in [-0.2, 0) is 14.4 Å². The summed E-state index contributed by atoms with van der Waals surface area (Å²) in [6.07, 6.45) is 1.99. The van der Waals surface area contributed by atoms with Gasteiger partial charge in [-0.1, -0.05) is 0 Å². The van der Waals surface area contributed by atoms with Crippen LogP contribution in [0.3, 0.4) is 0 Å². The fourth-order valence-electron chi connectivity index (χ4n) is 1.94. The van der Waals surface area contributed by atoms with E-state index in [4.69, 9.17) is 10.2 Å². The highest BCUT2D eigenvalue weighted by atomic mass is 32.2. The van der Waals surface area contributed by atoms with E-state index in [1.807, 2.05) is 0 Å². The van der Waals surface area contributed by atoms with Crippen LogP contribution in [0.25, 0.3) is 0 Å². The van der Waals surface area contributed by atoms with Crippen LogP contribution in [0.4, 0.5) is 0 Å². The van der Waals surface area contributed by atoms with Gasteiger partial charge in [0, 0.05) is 13.1 Å². The van der Waals surface area contributed by atoms with Gasteiger partial charge in [0.15, 0.2) is 0 Å². The monoisotopic (exact) mass is 261 g/mol. The number of carboxylic acid groups (broad SMARTS) is 2. The van der Waals surface area contributed by atoms with Crippen LogP contribution < -0.4 is 0 Å². The van der Waals surface area contributed by atoms with Gasteiger partial charge in [0.1, 0.15) is 0 Å². The van der Waals surface area contributed by atoms with Crippen LogP contribution in [0.15, 0.2) is 0 Å². The summed E-state index contributed by atoms with van der Waals surface area (Å²) >= 11 is 1.37. The number of nitrogens with zero attached hydrogens (tertiary/aromatic N) is 1. The third-order valence-corrected chi connectivity index (χ3v) is 3.40. The summed E-state index contributed by atoms with van der Waals surface area (Å²) in [4.78, 5) is 34.9. The summed E-state index contributed by atoms with van der Waals surface area (Å²) in [6.45, 7) is 0.311.